The van der Waals surface area contributed by atoms with Crippen LogP contribution < -0.4 is 4.90 Å². The van der Waals surface area contributed by atoms with Crippen LogP contribution in [-0.2, 0) is 0 Å². The zero-order valence-electron chi connectivity index (χ0n) is 15.0. The van der Waals surface area contributed by atoms with Gasteiger partial charge in [0, 0.05) is 26.2 Å². The van der Waals surface area contributed by atoms with Crippen LogP contribution in [0.4, 0.5) is 5.69 Å². The van der Waals surface area contributed by atoms with Crippen molar-refractivity contribution in [2.75, 3.05) is 31.1 Å². The summed E-state index contributed by atoms with van der Waals surface area (Å²) in [7, 11) is 0. The van der Waals surface area contributed by atoms with E-state index in [1.807, 2.05) is 60.4 Å². The Hall–Kier alpha value is -2.86. The van der Waals surface area contributed by atoms with Gasteiger partial charge in [0.25, 0.3) is 5.91 Å². The first-order chi connectivity index (χ1) is 13.1. The number of para-hydroxylation sites is 1. The van der Waals surface area contributed by atoms with Crippen molar-refractivity contribution in [3.05, 3.63) is 71.0 Å². The van der Waals surface area contributed by atoms with Crippen LogP contribution in [0.3, 0.4) is 0 Å². The van der Waals surface area contributed by atoms with Gasteiger partial charge in [-0.15, -0.1) is 5.10 Å². The number of hydrogen-bond donors (Lipinski definition) is 0. The minimum absolute atomic E-state index is 0.0906. The summed E-state index contributed by atoms with van der Waals surface area (Å²) in [5, 5.41) is 8.90. The van der Waals surface area contributed by atoms with E-state index in [0.717, 1.165) is 29.5 Å². The first kappa shape index (κ1) is 17.5. The Morgan fingerprint density at radius 3 is 2.41 bits per heavy atom. The Labute approximate surface area is 163 Å². The molecule has 0 spiro atoms. The molecule has 0 bridgehead atoms. The van der Waals surface area contributed by atoms with E-state index in [2.05, 4.69) is 15.2 Å². The quantitative estimate of drug-likeness (QED) is 0.699. The number of halogens is 1. The summed E-state index contributed by atoms with van der Waals surface area (Å²) in [5.74, 6) is -0.0906. The average Bonchev–Trinajstić information content (AvgIpc) is 3.19. The van der Waals surface area contributed by atoms with E-state index >= 15 is 0 Å². The summed E-state index contributed by atoms with van der Waals surface area (Å²) in [5.41, 5.74) is 3.43. The van der Waals surface area contributed by atoms with Crippen molar-refractivity contribution in [2.24, 2.45) is 0 Å². The summed E-state index contributed by atoms with van der Waals surface area (Å²) < 4.78 is 1.63. The number of aromatic nitrogens is 3. The number of nitrogens with zero attached hydrogens (tertiary/aromatic N) is 5. The zero-order valence-corrected chi connectivity index (χ0v) is 15.8. The Morgan fingerprint density at radius 2 is 1.70 bits per heavy atom. The highest BCUT2D eigenvalue weighted by molar-refractivity contribution is 6.33. The van der Waals surface area contributed by atoms with Gasteiger partial charge in [0.1, 0.15) is 0 Å². The molecule has 0 radical (unpaired) electrons. The molecular weight excluding hydrogens is 362 g/mol. The van der Waals surface area contributed by atoms with Crippen LogP contribution in [0.5, 0.6) is 0 Å². The van der Waals surface area contributed by atoms with Crippen LogP contribution in [0.25, 0.3) is 5.69 Å². The van der Waals surface area contributed by atoms with E-state index in [0.29, 0.717) is 18.8 Å². The second kappa shape index (κ2) is 7.40. The SMILES string of the molecule is Cc1ccc(-n2cc(C(=O)N3CCN(c4ccccc4Cl)CC3)nn2)cc1. The average molecular weight is 382 g/mol. The fraction of sp³-hybridized carbons (Fsp3) is 0.250. The Morgan fingerprint density at radius 1 is 1.00 bits per heavy atom. The monoisotopic (exact) mass is 381 g/mol. The highest BCUT2D eigenvalue weighted by atomic mass is 35.5. The third-order valence-electron chi connectivity index (χ3n) is 4.77. The summed E-state index contributed by atoms with van der Waals surface area (Å²) in [6.45, 7) is 4.76. The van der Waals surface area contributed by atoms with Gasteiger partial charge in [0.15, 0.2) is 5.69 Å². The molecule has 2 heterocycles. The predicted octanol–water partition coefficient (Wildman–Crippen LogP) is 3.19. The van der Waals surface area contributed by atoms with E-state index in [1.54, 1.807) is 10.9 Å². The van der Waals surface area contributed by atoms with Gasteiger partial charge in [-0.3, -0.25) is 4.79 Å². The van der Waals surface area contributed by atoms with Crippen LogP contribution in [-0.4, -0.2) is 52.0 Å². The Bertz CT molecular complexity index is 945. The standard InChI is InChI=1S/C20H20ClN5O/c1-15-6-8-16(9-7-15)26-14-18(22-23-26)20(27)25-12-10-24(11-13-25)19-5-3-2-4-17(19)21/h2-9,14H,10-13H2,1H3. The molecule has 0 unspecified atom stereocenters. The van der Waals surface area contributed by atoms with Gasteiger partial charge in [-0.1, -0.05) is 46.6 Å². The van der Waals surface area contributed by atoms with Crippen molar-refractivity contribution in [3.8, 4) is 5.69 Å². The van der Waals surface area contributed by atoms with Gasteiger partial charge in [-0.05, 0) is 31.2 Å². The molecular formula is C20H20ClN5O. The van der Waals surface area contributed by atoms with Crippen molar-refractivity contribution in [1.29, 1.82) is 0 Å². The molecule has 1 aliphatic heterocycles. The molecule has 4 rings (SSSR count). The number of carbonyl (C=O) groups excluding carboxylic acids is 1. The lowest BCUT2D eigenvalue weighted by Crippen LogP contribution is -2.49. The van der Waals surface area contributed by atoms with Crippen molar-refractivity contribution < 1.29 is 4.79 Å². The summed E-state index contributed by atoms with van der Waals surface area (Å²) in [6, 6.07) is 15.7. The molecule has 0 N–H and O–H groups in total. The molecule has 1 amide bonds. The molecule has 27 heavy (non-hydrogen) atoms. The highest BCUT2D eigenvalue weighted by Gasteiger charge is 2.25. The first-order valence-corrected chi connectivity index (χ1v) is 9.28. The van der Waals surface area contributed by atoms with Gasteiger partial charge >= 0.3 is 0 Å². The number of hydrogen-bond acceptors (Lipinski definition) is 4. The largest absolute Gasteiger partial charge is 0.367 e. The molecule has 1 aliphatic rings. The lowest BCUT2D eigenvalue weighted by molar-refractivity contribution is 0.0741. The van der Waals surface area contributed by atoms with Crippen molar-refractivity contribution >= 4 is 23.2 Å². The van der Waals surface area contributed by atoms with Crippen LogP contribution in [0.1, 0.15) is 16.1 Å². The van der Waals surface area contributed by atoms with Gasteiger partial charge < -0.3 is 9.80 Å². The molecule has 3 aromatic rings. The molecule has 1 fully saturated rings. The van der Waals surface area contributed by atoms with Gasteiger partial charge in [-0.25, -0.2) is 4.68 Å². The Balaban J connectivity index is 1.43. The lowest BCUT2D eigenvalue weighted by atomic mass is 10.2. The van der Waals surface area contributed by atoms with E-state index in [-0.39, 0.29) is 5.91 Å². The van der Waals surface area contributed by atoms with E-state index < -0.39 is 0 Å². The fourth-order valence-electron chi connectivity index (χ4n) is 3.21. The van der Waals surface area contributed by atoms with Crippen LogP contribution >= 0.6 is 11.6 Å². The zero-order chi connectivity index (χ0) is 18.8. The minimum Gasteiger partial charge on any atom is -0.367 e. The smallest absolute Gasteiger partial charge is 0.276 e. The molecule has 138 valence electrons. The maximum Gasteiger partial charge on any atom is 0.276 e. The number of rotatable bonds is 3. The maximum atomic E-state index is 12.8. The van der Waals surface area contributed by atoms with E-state index in [1.165, 1.54) is 5.56 Å². The topological polar surface area (TPSA) is 54.3 Å². The number of aryl methyl sites for hydroxylation is 1. The molecule has 7 heteroatoms. The normalized spacial score (nSPS) is 14.4. The maximum absolute atomic E-state index is 12.8. The molecule has 0 saturated carbocycles. The second-order valence-corrected chi connectivity index (χ2v) is 7.02. The van der Waals surface area contributed by atoms with Gasteiger partial charge in [0.2, 0.25) is 0 Å². The van der Waals surface area contributed by atoms with E-state index in [4.69, 9.17) is 11.6 Å². The molecule has 1 saturated heterocycles. The van der Waals surface area contributed by atoms with E-state index in [9.17, 15) is 4.79 Å². The lowest BCUT2D eigenvalue weighted by Gasteiger charge is -2.36. The van der Waals surface area contributed by atoms with Crippen molar-refractivity contribution in [1.82, 2.24) is 19.9 Å². The number of piperazine rings is 1. The highest BCUT2D eigenvalue weighted by Crippen LogP contribution is 2.26. The second-order valence-electron chi connectivity index (χ2n) is 6.61. The minimum atomic E-state index is -0.0906. The summed E-state index contributed by atoms with van der Waals surface area (Å²) >= 11 is 6.28. The summed E-state index contributed by atoms with van der Waals surface area (Å²) in [4.78, 5) is 16.8. The van der Waals surface area contributed by atoms with Crippen LogP contribution in [0.2, 0.25) is 5.02 Å². The van der Waals surface area contributed by atoms with Gasteiger partial charge in [-0.2, -0.15) is 0 Å². The first-order valence-electron chi connectivity index (χ1n) is 8.90. The fourth-order valence-corrected chi connectivity index (χ4v) is 3.46. The molecule has 0 aliphatic carbocycles. The molecule has 2 aromatic carbocycles. The predicted molar refractivity (Wildman–Crippen MR) is 106 cm³/mol. The summed E-state index contributed by atoms with van der Waals surface area (Å²) in [6.07, 6.45) is 1.69. The number of benzene rings is 2. The third-order valence-corrected chi connectivity index (χ3v) is 5.09. The third kappa shape index (κ3) is 3.66. The van der Waals surface area contributed by atoms with Crippen molar-refractivity contribution in [2.45, 2.75) is 6.92 Å². The number of anilines is 1. The molecule has 6 nitrogen and oxygen atoms in total. The van der Waals surface area contributed by atoms with Gasteiger partial charge in [0.05, 0.1) is 22.6 Å². The molecule has 1 aromatic heterocycles. The Kier molecular flexibility index (Phi) is 4.81. The number of carbonyl (C=O) groups is 1. The van der Waals surface area contributed by atoms with Crippen LogP contribution in [0.15, 0.2) is 54.7 Å². The van der Waals surface area contributed by atoms with Crippen molar-refractivity contribution in [3.63, 3.8) is 0 Å². The van der Waals surface area contributed by atoms with Crippen LogP contribution in [0, 0.1) is 6.92 Å². The number of amides is 1. The molecule has 0 atom stereocenters.